The van der Waals surface area contributed by atoms with E-state index >= 15 is 0 Å². The Balaban J connectivity index is 2.41. The minimum atomic E-state index is -0.383. The minimum absolute atomic E-state index is 0.00873. The van der Waals surface area contributed by atoms with E-state index in [-0.39, 0.29) is 18.0 Å². The van der Waals surface area contributed by atoms with E-state index in [0.29, 0.717) is 44.4 Å². The monoisotopic (exact) mass is 986 g/mol. The summed E-state index contributed by atoms with van der Waals surface area (Å²) in [6.45, 7) is 15.7. The van der Waals surface area contributed by atoms with E-state index in [2.05, 4.69) is 42.1 Å². The van der Waals surface area contributed by atoms with E-state index in [1.165, 1.54) is 205 Å². The van der Waals surface area contributed by atoms with Gasteiger partial charge in [-0.1, -0.05) is 240 Å². The van der Waals surface area contributed by atoms with Gasteiger partial charge in [-0.2, -0.15) is 0 Å². The Morgan fingerprint density at radius 2 is 0.829 bits per heavy atom. The predicted octanol–water partition coefficient (Wildman–Crippen LogP) is 18.0. The first-order valence-electron chi connectivity index (χ1n) is 31.0. The van der Waals surface area contributed by atoms with E-state index < -0.39 is 0 Å². The summed E-state index contributed by atoms with van der Waals surface area (Å²) in [4.78, 5) is 32.5. The molecule has 1 aromatic rings. The van der Waals surface area contributed by atoms with Gasteiger partial charge in [0.1, 0.15) is 5.82 Å². The second-order valence-corrected chi connectivity index (χ2v) is 22.0. The SMILES string of the molecule is CCCCCCCCCCC(CCCCCCCC)COC(=O)CCCCCCCN(CCn1ccnc1C)CC(O)CCCCCC(=O)OCC(CCCCCCCC)CCCCCCCCCC. The molecule has 0 saturated carbocycles. The molecule has 0 amide bonds. The highest BCUT2D eigenvalue weighted by Gasteiger charge is 2.16. The van der Waals surface area contributed by atoms with Crippen molar-refractivity contribution in [2.75, 3.05) is 32.8 Å². The van der Waals surface area contributed by atoms with Crippen LogP contribution >= 0.6 is 0 Å². The third-order valence-electron chi connectivity index (χ3n) is 15.1. The Hall–Kier alpha value is -1.93. The van der Waals surface area contributed by atoms with Crippen LogP contribution in [0.5, 0.6) is 0 Å². The van der Waals surface area contributed by atoms with E-state index in [9.17, 15) is 14.7 Å². The lowest BCUT2D eigenvalue weighted by Crippen LogP contribution is -2.35. The fourth-order valence-corrected chi connectivity index (χ4v) is 10.3. The van der Waals surface area contributed by atoms with Gasteiger partial charge in [0.15, 0.2) is 0 Å². The molecule has 8 nitrogen and oxygen atoms in total. The molecule has 0 fully saturated rings. The van der Waals surface area contributed by atoms with Crippen LogP contribution in [0.1, 0.15) is 310 Å². The van der Waals surface area contributed by atoms with Gasteiger partial charge in [0.25, 0.3) is 0 Å². The number of ether oxygens (including phenoxy) is 2. The van der Waals surface area contributed by atoms with Crippen LogP contribution < -0.4 is 0 Å². The van der Waals surface area contributed by atoms with E-state index in [1.54, 1.807) is 0 Å². The Bertz CT molecular complexity index is 1260. The largest absolute Gasteiger partial charge is 0.465 e. The van der Waals surface area contributed by atoms with Crippen LogP contribution in [0.2, 0.25) is 0 Å². The second-order valence-electron chi connectivity index (χ2n) is 22.0. The molecule has 0 aromatic carbocycles. The number of aliphatic hydroxyl groups is 1. The number of aromatic nitrogens is 2. The molecule has 3 atom stereocenters. The van der Waals surface area contributed by atoms with Crippen molar-refractivity contribution in [2.24, 2.45) is 11.8 Å². The molecular formula is C62H119N3O5. The molecule has 70 heavy (non-hydrogen) atoms. The van der Waals surface area contributed by atoms with Crippen molar-refractivity contribution in [3.8, 4) is 0 Å². The van der Waals surface area contributed by atoms with Gasteiger partial charge < -0.3 is 19.1 Å². The topological polar surface area (TPSA) is 93.9 Å². The lowest BCUT2D eigenvalue weighted by Gasteiger charge is -2.25. The lowest BCUT2D eigenvalue weighted by atomic mass is 9.94. The summed E-state index contributed by atoms with van der Waals surface area (Å²) in [5, 5.41) is 11.2. The minimum Gasteiger partial charge on any atom is -0.465 e. The predicted molar refractivity (Wildman–Crippen MR) is 300 cm³/mol. The van der Waals surface area contributed by atoms with E-state index in [4.69, 9.17) is 9.47 Å². The zero-order valence-corrected chi connectivity index (χ0v) is 47.5. The molecule has 8 heteroatoms. The number of aryl methyl sites for hydroxylation is 1. The maximum absolute atomic E-state index is 12.8. The summed E-state index contributed by atoms with van der Waals surface area (Å²) < 4.78 is 14.0. The third-order valence-corrected chi connectivity index (χ3v) is 15.1. The number of hydrogen-bond donors (Lipinski definition) is 1. The lowest BCUT2D eigenvalue weighted by molar-refractivity contribution is -0.146. The van der Waals surface area contributed by atoms with Gasteiger partial charge in [0, 0.05) is 44.9 Å². The van der Waals surface area contributed by atoms with Crippen molar-refractivity contribution in [3.63, 3.8) is 0 Å². The summed E-state index contributed by atoms with van der Waals surface area (Å²) >= 11 is 0. The average Bonchev–Trinajstić information content (AvgIpc) is 3.77. The molecule has 0 saturated heterocycles. The number of rotatable bonds is 55. The molecule has 0 radical (unpaired) electrons. The van der Waals surface area contributed by atoms with Crippen LogP contribution in [0.4, 0.5) is 0 Å². The van der Waals surface area contributed by atoms with E-state index in [1.807, 2.05) is 19.3 Å². The highest BCUT2D eigenvalue weighted by atomic mass is 16.5. The van der Waals surface area contributed by atoms with Crippen LogP contribution in [0, 0.1) is 18.8 Å². The van der Waals surface area contributed by atoms with Crippen molar-refractivity contribution in [1.29, 1.82) is 0 Å². The highest BCUT2D eigenvalue weighted by molar-refractivity contribution is 5.69. The quantitative estimate of drug-likeness (QED) is 0.0513. The third kappa shape index (κ3) is 42.6. The smallest absolute Gasteiger partial charge is 0.305 e. The first kappa shape index (κ1) is 66.1. The van der Waals surface area contributed by atoms with Crippen LogP contribution in [-0.2, 0) is 25.6 Å². The van der Waals surface area contributed by atoms with Gasteiger partial charge in [0.2, 0.25) is 0 Å². The normalized spacial score (nSPS) is 13.0. The first-order chi connectivity index (χ1) is 34.3. The van der Waals surface area contributed by atoms with Gasteiger partial charge >= 0.3 is 11.9 Å². The van der Waals surface area contributed by atoms with Gasteiger partial charge in [-0.15, -0.1) is 0 Å². The van der Waals surface area contributed by atoms with Crippen molar-refractivity contribution in [1.82, 2.24) is 14.5 Å². The van der Waals surface area contributed by atoms with E-state index in [0.717, 1.165) is 83.2 Å². The van der Waals surface area contributed by atoms with Gasteiger partial charge in [0.05, 0.1) is 19.3 Å². The van der Waals surface area contributed by atoms with Crippen LogP contribution in [0.15, 0.2) is 12.4 Å². The Morgan fingerprint density at radius 1 is 0.486 bits per heavy atom. The first-order valence-corrected chi connectivity index (χ1v) is 31.0. The summed E-state index contributed by atoms with van der Waals surface area (Å²) in [6.07, 6.45) is 55.2. The second kappa shape index (κ2) is 50.6. The van der Waals surface area contributed by atoms with Crippen LogP contribution in [0.25, 0.3) is 0 Å². The summed E-state index contributed by atoms with van der Waals surface area (Å²) in [5.74, 6) is 1.98. The maximum atomic E-state index is 12.8. The number of imidazole rings is 1. The Morgan fingerprint density at radius 3 is 1.21 bits per heavy atom. The highest BCUT2D eigenvalue weighted by Crippen LogP contribution is 2.23. The van der Waals surface area contributed by atoms with Crippen molar-refractivity contribution >= 4 is 11.9 Å². The zero-order chi connectivity index (χ0) is 50.8. The molecule has 0 bridgehead atoms. The van der Waals surface area contributed by atoms with Gasteiger partial charge in [-0.3, -0.25) is 14.5 Å². The molecule has 412 valence electrons. The van der Waals surface area contributed by atoms with Gasteiger partial charge in [-0.05, 0) is 76.7 Å². The van der Waals surface area contributed by atoms with Crippen molar-refractivity contribution in [2.45, 2.75) is 323 Å². The molecule has 0 aliphatic carbocycles. The molecule has 3 unspecified atom stereocenters. The average molecular weight is 987 g/mol. The molecule has 0 spiro atoms. The molecule has 1 N–H and O–H groups in total. The van der Waals surface area contributed by atoms with Crippen molar-refractivity contribution in [3.05, 3.63) is 18.2 Å². The number of carbonyl (C=O) groups excluding carboxylic acids is 2. The molecule has 1 rings (SSSR count). The summed E-state index contributed by atoms with van der Waals surface area (Å²) in [6, 6.07) is 0. The number of esters is 2. The van der Waals surface area contributed by atoms with Crippen molar-refractivity contribution < 1.29 is 24.2 Å². The standard InChI is InChI=1S/C62H119N3O5/c1-6-10-14-18-22-24-29-36-44-58(42-34-27-20-16-12-8-3)55-69-61(67)47-39-31-26-32-41-50-64(52-53-65-51-49-63-57(65)5)54-60(66)46-38-33-40-48-62(68)70-56-59(43-35-28-21-17-13-9-4)45-37-30-25-23-19-15-11-7-2/h49,51,58-60,66H,6-48,50,52-56H2,1-5H3. The number of nitrogens with zero attached hydrogens (tertiary/aromatic N) is 3. The number of hydrogen-bond acceptors (Lipinski definition) is 7. The summed E-state index contributed by atoms with van der Waals surface area (Å²) in [7, 11) is 0. The molecule has 1 heterocycles. The number of carbonyl (C=O) groups is 2. The molecular weight excluding hydrogens is 867 g/mol. The molecule has 0 aliphatic heterocycles. The van der Waals surface area contributed by atoms with Crippen LogP contribution in [0.3, 0.4) is 0 Å². The number of aliphatic hydroxyl groups excluding tert-OH is 1. The number of unbranched alkanes of at least 4 members (excludes halogenated alkanes) is 30. The van der Waals surface area contributed by atoms with Crippen LogP contribution in [-0.4, -0.2) is 70.4 Å². The fraction of sp³-hybridized carbons (Fsp3) is 0.919. The fourth-order valence-electron chi connectivity index (χ4n) is 10.3. The Labute approximate surface area is 435 Å². The van der Waals surface area contributed by atoms with Gasteiger partial charge in [-0.25, -0.2) is 4.98 Å². The maximum Gasteiger partial charge on any atom is 0.305 e. The molecule has 0 aliphatic rings. The molecule has 1 aromatic heterocycles. The Kier molecular flexibility index (Phi) is 47.8. The summed E-state index contributed by atoms with van der Waals surface area (Å²) in [5.41, 5.74) is 0. The zero-order valence-electron chi connectivity index (χ0n) is 47.5.